The third-order valence-corrected chi connectivity index (χ3v) is 4.70. The molecule has 1 N–H and O–H groups in total. The lowest BCUT2D eigenvalue weighted by Crippen LogP contribution is -2.31. The third kappa shape index (κ3) is 4.28. The van der Waals surface area contributed by atoms with Crippen molar-refractivity contribution < 1.29 is 9.53 Å². The predicted molar refractivity (Wildman–Crippen MR) is 86.4 cm³/mol. The van der Waals surface area contributed by atoms with Gasteiger partial charge in [-0.25, -0.2) is 0 Å². The molecule has 0 aliphatic carbocycles. The Morgan fingerprint density at radius 3 is 2.76 bits per heavy atom. The second-order valence-electron chi connectivity index (χ2n) is 5.90. The van der Waals surface area contributed by atoms with Gasteiger partial charge in [-0.05, 0) is 52.7 Å². The highest BCUT2D eigenvalue weighted by atomic mass is 32.1. The number of nitrogens with one attached hydrogen (secondary N) is 1. The predicted octanol–water partition coefficient (Wildman–Crippen LogP) is 3.08. The summed E-state index contributed by atoms with van der Waals surface area (Å²) < 4.78 is 5.55. The Bertz CT molecular complexity index is 473. The topological polar surface area (TPSA) is 41.6 Å². The Morgan fingerprint density at radius 1 is 1.38 bits per heavy atom. The summed E-state index contributed by atoms with van der Waals surface area (Å²) in [5.74, 6) is 0.204. The number of unbranched alkanes of at least 4 members (excludes halogenated alkanes) is 1. The molecule has 5 heteroatoms. The molecular formula is C16H26N2O2S. The first-order valence-electron chi connectivity index (χ1n) is 7.73. The summed E-state index contributed by atoms with van der Waals surface area (Å²) in [7, 11) is 0. The van der Waals surface area contributed by atoms with E-state index in [1.54, 1.807) is 11.3 Å². The zero-order valence-corrected chi connectivity index (χ0v) is 14.2. The summed E-state index contributed by atoms with van der Waals surface area (Å²) in [6.45, 7) is 9.69. The molecule has 1 amide bonds. The SMILES string of the molecule is Cc1ccc(C2NC(C)C(=O)N2CCCCOC(C)C)s1. The van der Waals surface area contributed by atoms with Crippen LogP contribution >= 0.6 is 11.3 Å². The van der Waals surface area contributed by atoms with E-state index < -0.39 is 0 Å². The van der Waals surface area contributed by atoms with Gasteiger partial charge in [0.2, 0.25) is 5.91 Å². The minimum Gasteiger partial charge on any atom is -0.379 e. The molecule has 2 rings (SSSR count). The lowest BCUT2D eigenvalue weighted by atomic mass is 10.2. The second kappa shape index (κ2) is 7.38. The molecule has 0 aromatic carbocycles. The van der Waals surface area contributed by atoms with Crippen molar-refractivity contribution in [2.75, 3.05) is 13.2 Å². The van der Waals surface area contributed by atoms with Crippen molar-refractivity contribution in [1.82, 2.24) is 10.2 Å². The quantitative estimate of drug-likeness (QED) is 0.787. The number of hydrogen-bond donors (Lipinski definition) is 1. The molecule has 1 aliphatic rings. The van der Waals surface area contributed by atoms with Gasteiger partial charge in [0.05, 0.1) is 12.1 Å². The maximum Gasteiger partial charge on any atom is 0.241 e. The molecule has 1 aliphatic heterocycles. The maximum absolute atomic E-state index is 12.3. The van der Waals surface area contributed by atoms with E-state index in [0.717, 1.165) is 26.0 Å². The van der Waals surface area contributed by atoms with Gasteiger partial charge in [-0.2, -0.15) is 0 Å². The highest BCUT2D eigenvalue weighted by molar-refractivity contribution is 7.12. The summed E-state index contributed by atoms with van der Waals surface area (Å²) in [5, 5.41) is 3.40. The number of rotatable bonds is 7. The van der Waals surface area contributed by atoms with Crippen LogP contribution in [0.15, 0.2) is 12.1 Å². The molecule has 1 fully saturated rings. The fourth-order valence-corrected chi connectivity index (χ4v) is 3.50. The Morgan fingerprint density at radius 2 is 2.14 bits per heavy atom. The molecule has 0 spiro atoms. The van der Waals surface area contributed by atoms with Crippen molar-refractivity contribution in [2.24, 2.45) is 0 Å². The number of aryl methyl sites for hydroxylation is 1. The molecule has 1 saturated heterocycles. The van der Waals surface area contributed by atoms with Crippen molar-refractivity contribution in [3.8, 4) is 0 Å². The second-order valence-corrected chi connectivity index (χ2v) is 7.22. The number of amides is 1. The molecule has 118 valence electrons. The molecule has 4 nitrogen and oxygen atoms in total. The highest BCUT2D eigenvalue weighted by Crippen LogP contribution is 2.30. The molecule has 0 bridgehead atoms. The van der Waals surface area contributed by atoms with E-state index in [4.69, 9.17) is 4.74 Å². The fraction of sp³-hybridized carbons (Fsp3) is 0.688. The van der Waals surface area contributed by atoms with Gasteiger partial charge < -0.3 is 9.64 Å². The highest BCUT2D eigenvalue weighted by Gasteiger charge is 2.37. The number of ether oxygens (including phenoxy) is 1. The van der Waals surface area contributed by atoms with E-state index in [1.165, 1.54) is 9.75 Å². The van der Waals surface area contributed by atoms with Gasteiger partial charge in [-0.3, -0.25) is 10.1 Å². The van der Waals surface area contributed by atoms with Crippen LogP contribution in [0.1, 0.15) is 49.5 Å². The van der Waals surface area contributed by atoms with E-state index in [0.29, 0.717) is 0 Å². The zero-order chi connectivity index (χ0) is 15.4. The van der Waals surface area contributed by atoms with E-state index in [-0.39, 0.29) is 24.2 Å². The van der Waals surface area contributed by atoms with Crippen molar-refractivity contribution in [1.29, 1.82) is 0 Å². The lowest BCUT2D eigenvalue weighted by Gasteiger charge is -2.23. The van der Waals surface area contributed by atoms with Gasteiger partial charge in [0, 0.05) is 22.9 Å². The smallest absolute Gasteiger partial charge is 0.241 e. The number of thiophene rings is 1. The number of carbonyl (C=O) groups is 1. The molecule has 0 saturated carbocycles. The Balaban J connectivity index is 1.90. The van der Waals surface area contributed by atoms with Crippen molar-refractivity contribution >= 4 is 17.2 Å². The van der Waals surface area contributed by atoms with Gasteiger partial charge in [0.25, 0.3) is 0 Å². The minimum absolute atomic E-state index is 0.0391. The molecule has 21 heavy (non-hydrogen) atoms. The summed E-state index contributed by atoms with van der Waals surface area (Å²) >= 11 is 1.76. The van der Waals surface area contributed by atoms with Gasteiger partial charge >= 0.3 is 0 Å². The maximum atomic E-state index is 12.3. The van der Waals surface area contributed by atoms with Crippen LogP contribution < -0.4 is 5.32 Å². The van der Waals surface area contributed by atoms with E-state index in [2.05, 4.69) is 24.4 Å². The molecule has 1 aromatic rings. The van der Waals surface area contributed by atoms with Crippen molar-refractivity contribution in [3.63, 3.8) is 0 Å². The first-order chi connectivity index (χ1) is 9.99. The van der Waals surface area contributed by atoms with Crippen LogP contribution in [0.25, 0.3) is 0 Å². The number of carbonyl (C=O) groups excluding carboxylic acids is 1. The number of nitrogens with zero attached hydrogens (tertiary/aromatic N) is 1. The minimum atomic E-state index is -0.0932. The van der Waals surface area contributed by atoms with Crippen LogP contribution in [0.5, 0.6) is 0 Å². The summed E-state index contributed by atoms with van der Waals surface area (Å²) in [6, 6.07) is 4.14. The van der Waals surface area contributed by atoms with Gasteiger partial charge in [-0.15, -0.1) is 11.3 Å². The summed E-state index contributed by atoms with van der Waals surface area (Å²) in [5.41, 5.74) is 0. The molecule has 2 atom stereocenters. The molecule has 2 unspecified atom stereocenters. The average Bonchev–Trinajstić information content (AvgIpc) is 2.96. The first-order valence-corrected chi connectivity index (χ1v) is 8.55. The zero-order valence-electron chi connectivity index (χ0n) is 13.4. The lowest BCUT2D eigenvalue weighted by molar-refractivity contribution is -0.129. The summed E-state index contributed by atoms with van der Waals surface area (Å²) in [6.07, 6.45) is 2.29. The van der Waals surface area contributed by atoms with Crippen LogP contribution in [0, 0.1) is 6.92 Å². The van der Waals surface area contributed by atoms with E-state index >= 15 is 0 Å². The first kappa shape index (κ1) is 16.5. The van der Waals surface area contributed by atoms with Crippen molar-refractivity contribution in [3.05, 3.63) is 21.9 Å². The molecule has 2 heterocycles. The summed E-state index contributed by atoms with van der Waals surface area (Å²) in [4.78, 5) is 16.8. The molecular weight excluding hydrogens is 284 g/mol. The van der Waals surface area contributed by atoms with Crippen LogP contribution in [0.3, 0.4) is 0 Å². The standard InChI is InChI=1S/C16H26N2O2S/c1-11(2)20-10-6-5-9-18-15(17-13(4)16(18)19)14-8-7-12(3)21-14/h7-8,11,13,15,17H,5-6,9-10H2,1-4H3. The van der Waals surface area contributed by atoms with E-state index in [9.17, 15) is 4.79 Å². The normalized spacial score (nSPS) is 22.5. The van der Waals surface area contributed by atoms with Gasteiger partial charge in [0.1, 0.15) is 6.17 Å². The van der Waals surface area contributed by atoms with Crippen LogP contribution in [-0.2, 0) is 9.53 Å². The third-order valence-electron chi connectivity index (χ3n) is 3.65. The molecule has 0 radical (unpaired) electrons. The van der Waals surface area contributed by atoms with Crippen molar-refractivity contribution in [2.45, 2.75) is 58.8 Å². The Labute approximate surface area is 131 Å². The van der Waals surface area contributed by atoms with Crippen LogP contribution in [0.2, 0.25) is 0 Å². The van der Waals surface area contributed by atoms with E-state index in [1.807, 2.05) is 25.7 Å². The van der Waals surface area contributed by atoms with Crippen LogP contribution in [-0.4, -0.2) is 36.1 Å². The van der Waals surface area contributed by atoms with Gasteiger partial charge in [0.15, 0.2) is 0 Å². The van der Waals surface area contributed by atoms with Crippen LogP contribution in [0.4, 0.5) is 0 Å². The monoisotopic (exact) mass is 310 g/mol. The Kier molecular flexibility index (Phi) is 5.79. The molecule has 1 aromatic heterocycles. The largest absolute Gasteiger partial charge is 0.379 e. The number of hydrogen-bond acceptors (Lipinski definition) is 4. The average molecular weight is 310 g/mol. The Hall–Kier alpha value is -0.910. The van der Waals surface area contributed by atoms with Gasteiger partial charge in [-0.1, -0.05) is 0 Å². The fourth-order valence-electron chi connectivity index (χ4n) is 2.55.